The topological polar surface area (TPSA) is 80.8 Å². The van der Waals surface area contributed by atoms with Gasteiger partial charge in [-0.15, -0.1) is 0 Å². The van der Waals surface area contributed by atoms with E-state index in [1.165, 1.54) is 30.3 Å². The molecule has 0 aromatic heterocycles. The van der Waals surface area contributed by atoms with Gasteiger partial charge in [0.25, 0.3) is 0 Å². The highest BCUT2D eigenvalue weighted by atomic mass is 35.5. The first-order valence-electron chi connectivity index (χ1n) is 11.0. The number of benzene rings is 3. The Morgan fingerprint density at radius 3 is 2.06 bits per heavy atom. The van der Waals surface area contributed by atoms with E-state index >= 15 is 0 Å². The summed E-state index contributed by atoms with van der Waals surface area (Å²) in [6.45, 7) is -0.0722. The molecule has 0 unspecified atom stereocenters. The largest absolute Gasteiger partial charge is 0.349 e. The van der Waals surface area contributed by atoms with Crippen LogP contribution in [0.4, 0.5) is 4.39 Å². The van der Waals surface area contributed by atoms with Crippen LogP contribution in [0.25, 0.3) is 0 Å². The van der Waals surface area contributed by atoms with Gasteiger partial charge in [0.15, 0.2) is 0 Å². The minimum atomic E-state index is -2.22. The molecule has 0 radical (unpaired) electrons. The molecule has 2 saturated heterocycles. The lowest BCUT2D eigenvalue weighted by molar-refractivity contribution is -0.145. The molecule has 35 heavy (non-hydrogen) atoms. The third-order valence-electron chi connectivity index (χ3n) is 7.08. The molecule has 0 N–H and O–H groups in total. The maximum Gasteiger partial charge on any atom is 0.237 e. The Hall–Kier alpha value is -3.68. The molecule has 2 heterocycles. The molecule has 2 amide bonds. The fourth-order valence-electron chi connectivity index (χ4n) is 5.49. The molecule has 2 aliphatic heterocycles. The summed E-state index contributed by atoms with van der Waals surface area (Å²) in [5, 5.41) is 0.497. The van der Waals surface area contributed by atoms with Crippen LogP contribution in [0, 0.1) is 17.7 Å². The second kappa shape index (κ2) is 7.66. The van der Waals surface area contributed by atoms with Crippen LogP contribution in [-0.4, -0.2) is 33.9 Å². The lowest BCUT2D eigenvalue weighted by atomic mass is 9.77. The van der Waals surface area contributed by atoms with Crippen molar-refractivity contribution in [3.63, 3.8) is 0 Å². The molecular formula is C27H17ClFNO5. The summed E-state index contributed by atoms with van der Waals surface area (Å²) < 4.78 is 20.9. The van der Waals surface area contributed by atoms with Gasteiger partial charge < -0.3 is 4.74 Å². The van der Waals surface area contributed by atoms with Crippen LogP contribution >= 0.6 is 11.6 Å². The standard InChI is InChI=1S/C27H17ClFNO5/c28-15-11-9-14(10-12-15)13-30-25(33)20-21(26(30)34)27(35-22(20)18-7-3-4-8-19(18)29)23(31)16-5-1-2-6-17(16)24(27)32/h1-12,20-22H,13H2/t20-,21+,22-/m1/s1. The minimum absolute atomic E-state index is 0.0189. The lowest BCUT2D eigenvalue weighted by Gasteiger charge is -2.27. The molecule has 1 spiro atoms. The second-order valence-corrected chi connectivity index (χ2v) is 9.33. The van der Waals surface area contributed by atoms with Crippen molar-refractivity contribution >= 4 is 35.0 Å². The van der Waals surface area contributed by atoms with E-state index in [2.05, 4.69) is 0 Å². The quantitative estimate of drug-likeness (QED) is 0.407. The predicted octanol–water partition coefficient (Wildman–Crippen LogP) is 4.17. The number of amides is 2. The Kier molecular flexibility index (Phi) is 4.78. The van der Waals surface area contributed by atoms with Gasteiger partial charge in [0.2, 0.25) is 29.0 Å². The number of imide groups is 1. The Balaban J connectivity index is 1.49. The number of nitrogens with zero attached hydrogens (tertiary/aromatic N) is 1. The Bertz CT molecular complexity index is 1400. The van der Waals surface area contributed by atoms with Crippen molar-refractivity contribution in [2.75, 3.05) is 0 Å². The summed E-state index contributed by atoms with van der Waals surface area (Å²) in [6.07, 6.45) is -1.28. The molecule has 3 aromatic carbocycles. The zero-order valence-electron chi connectivity index (χ0n) is 18.1. The van der Waals surface area contributed by atoms with Gasteiger partial charge in [-0.3, -0.25) is 24.1 Å². The fraction of sp³-hybridized carbons (Fsp3) is 0.185. The number of likely N-dealkylation sites (tertiary alicyclic amines) is 1. The molecule has 0 saturated carbocycles. The molecule has 6 nitrogen and oxygen atoms in total. The van der Waals surface area contributed by atoms with Crippen LogP contribution in [-0.2, 0) is 20.9 Å². The van der Waals surface area contributed by atoms with E-state index in [1.807, 2.05) is 0 Å². The third kappa shape index (κ3) is 2.92. The van der Waals surface area contributed by atoms with Gasteiger partial charge in [-0.25, -0.2) is 4.39 Å². The van der Waals surface area contributed by atoms with Gasteiger partial charge >= 0.3 is 0 Å². The van der Waals surface area contributed by atoms with Crippen molar-refractivity contribution in [3.8, 4) is 0 Å². The summed E-state index contributed by atoms with van der Waals surface area (Å²) >= 11 is 5.95. The van der Waals surface area contributed by atoms with Gasteiger partial charge in [0.05, 0.1) is 24.5 Å². The second-order valence-electron chi connectivity index (χ2n) is 8.89. The molecule has 1 aliphatic carbocycles. The molecule has 3 atom stereocenters. The first-order chi connectivity index (χ1) is 16.8. The van der Waals surface area contributed by atoms with Crippen LogP contribution in [0.15, 0.2) is 72.8 Å². The molecule has 3 aromatic rings. The number of fused-ring (bicyclic) bond motifs is 3. The van der Waals surface area contributed by atoms with E-state index in [9.17, 15) is 23.6 Å². The summed E-state index contributed by atoms with van der Waals surface area (Å²) in [6, 6.07) is 18.5. The highest BCUT2D eigenvalue weighted by Gasteiger charge is 2.74. The monoisotopic (exact) mass is 489 g/mol. The average molecular weight is 490 g/mol. The maximum absolute atomic E-state index is 14.9. The summed E-state index contributed by atoms with van der Waals surface area (Å²) in [5.74, 6) is -5.95. The van der Waals surface area contributed by atoms with Crippen LogP contribution in [0.3, 0.4) is 0 Å². The van der Waals surface area contributed by atoms with Gasteiger partial charge in [0, 0.05) is 21.7 Å². The number of carbonyl (C=O) groups excluding carboxylic acids is 4. The van der Waals surface area contributed by atoms with Gasteiger partial charge in [-0.1, -0.05) is 66.2 Å². The minimum Gasteiger partial charge on any atom is -0.349 e. The zero-order chi connectivity index (χ0) is 24.5. The highest BCUT2D eigenvalue weighted by Crippen LogP contribution is 2.57. The number of halogens is 2. The summed E-state index contributed by atoms with van der Waals surface area (Å²) in [7, 11) is 0. The third-order valence-corrected chi connectivity index (χ3v) is 7.33. The molecule has 8 heteroatoms. The van der Waals surface area contributed by atoms with Gasteiger partial charge in [0.1, 0.15) is 5.82 Å². The van der Waals surface area contributed by atoms with Gasteiger partial charge in [-0.05, 0) is 23.8 Å². The van der Waals surface area contributed by atoms with E-state index < -0.39 is 52.7 Å². The number of ketones is 2. The molecular weight excluding hydrogens is 473 g/mol. The van der Waals surface area contributed by atoms with Crippen molar-refractivity contribution < 1.29 is 28.3 Å². The molecule has 0 bridgehead atoms. The lowest BCUT2D eigenvalue weighted by Crippen LogP contribution is -2.50. The van der Waals surface area contributed by atoms with Gasteiger partial charge in [-0.2, -0.15) is 0 Å². The van der Waals surface area contributed by atoms with Crippen LogP contribution < -0.4 is 0 Å². The number of Topliss-reactive ketones (excluding diaryl/α,β-unsaturated/α-hetero) is 2. The van der Waals surface area contributed by atoms with Crippen molar-refractivity contribution in [2.24, 2.45) is 11.8 Å². The number of ether oxygens (including phenoxy) is 1. The van der Waals surface area contributed by atoms with E-state index in [0.717, 1.165) is 4.90 Å². The SMILES string of the molecule is O=C1[C@H]2[C@@H](c3ccccc3F)OC3(C(=O)c4ccccc4C3=O)[C@@H]2C(=O)N1Cc1ccc(Cl)cc1. The van der Waals surface area contributed by atoms with Crippen molar-refractivity contribution in [3.05, 3.63) is 106 Å². The smallest absolute Gasteiger partial charge is 0.237 e. The first-order valence-corrected chi connectivity index (χ1v) is 11.4. The van der Waals surface area contributed by atoms with E-state index in [1.54, 1.807) is 42.5 Å². The Morgan fingerprint density at radius 2 is 1.43 bits per heavy atom. The summed E-state index contributed by atoms with van der Waals surface area (Å²) in [5.41, 5.74) is -1.31. The Morgan fingerprint density at radius 1 is 0.829 bits per heavy atom. The van der Waals surface area contributed by atoms with Crippen molar-refractivity contribution in [2.45, 2.75) is 18.2 Å². The van der Waals surface area contributed by atoms with E-state index in [-0.39, 0.29) is 23.2 Å². The van der Waals surface area contributed by atoms with Crippen LogP contribution in [0.2, 0.25) is 5.02 Å². The number of hydrogen-bond acceptors (Lipinski definition) is 5. The van der Waals surface area contributed by atoms with Crippen molar-refractivity contribution in [1.29, 1.82) is 0 Å². The zero-order valence-corrected chi connectivity index (χ0v) is 18.9. The first kappa shape index (κ1) is 21.8. The normalized spacial score (nSPS) is 24.4. The molecule has 2 fully saturated rings. The van der Waals surface area contributed by atoms with Crippen LogP contribution in [0.1, 0.15) is 37.9 Å². The predicted molar refractivity (Wildman–Crippen MR) is 122 cm³/mol. The maximum atomic E-state index is 14.9. The fourth-order valence-corrected chi connectivity index (χ4v) is 5.62. The van der Waals surface area contributed by atoms with Crippen molar-refractivity contribution in [1.82, 2.24) is 4.90 Å². The molecule has 6 rings (SSSR count). The average Bonchev–Trinajstić information content (AvgIpc) is 3.42. The number of carbonyl (C=O) groups is 4. The van der Waals surface area contributed by atoms with E-state index in [0.29, 0.717) is 10.6 Å². The Labute approximate surface area is 204 Å². The van der Waals surface area contributed by atoms with E-state index in [4.69, 9.17) is 16.3 Å². The number of hydrogen-bond donors (Lipinski definition) is 0. The molecule has 174 valence electrons. The number of rotatable bonds is 3. The van der Waals surface area contributed by atoms with Crippen LogP contribution in [0.5, 0.6) is 0 Å². The highest BCUT2D eigenvalue weighted by molar-refractivity contribution is 6.35. The molecule has 3 aliphatic rings. The summed E-state index contributed by atoms with van der Waals surface area (Å²) in [4.78, 5) is 55.7.